The van der Waals surface area contributed by atoms with Gasteiger partial charge in [-0.1, -0.05) is 39.5 Å². The third-order valence-corrected chi connectivity index (χ3v) is 2.80. The summed E-state index contributed by atoms with van der Waals surface area (Å²) in [5.41, 5.74) is 0. The van der Waals surface area contributed by atoms with E-state index in [9.17, 15) is 0 Å². The van der Waals surface area contributed by atoms with Crippen molar-refractivity contribution in [3.8, 4) is 0 Å². The molecule has 0 aromatic carbocycles. The van der Waals surface area contributed by atoms with E-state index in [0.717, 1.165) is 11.8 Å². The van der Waals surface area contributed by atoms with Gasteiger partial charge in [0, 0.05) is 0 Å². The van der Waals surface area contributed by atoms with Gasteiger partial charge < -0.3 is 0 Å². The van der Waals surface area contributed by atoms with Crippen LogP contribution in [-0.4, -0.2) is 0 Å². The zero-order valence-electron chi connectivity index (χ0n) is 6.69. The fourth-order valence-corrected chi connectivity index (χ4v) is 1.92. The number of rotatable bonds is 2. The van der Waals surface area contributed by atoms with Crippen LogP contribution in [0.2, 0.25) is 0 Å². The van der Waals surface area contributed by atoms with Crippen molar-refractivity contribution in [2.45, 2.75) is 46.0 Å². The van der Waals surface area contributed by atoms with Crippen LogP contribution < -0.4 is 0 Å². The molecule has 1 fully saturated rings. The lowest BCUT2D eigenvalue weighted by Crippen LogP contribution is -1.92. The van der Waals surface area contributed by atoms with E-state index in [4.69, 9.17) is 0 Å². The van der Waals surface area contributed by atoms with E-state index in [1.165, 1.54) is 32.1 Å². The van der Waals surface area contributed by atoms with Gasteiger partial charge in [0.25, 0.3) is 0 Å². The molecule has 0 unspecified atom stereocenters. The highest BCUT2D eigenvalue weighted by Crippen LogP contribution is 2.34. The Morgan fingerprint density at radius 3 is 1.67 bits per heavy atom. The van der Waals surface area contributed by atoms with Crippen LogP contribution in [0.3, 0.4) is 0 Å². The summed E-state index contributed by atoms with van der Waals surface area (Å²) >= 11 is 0. The molecule has 1 aliphatic carbocycles. The molecule has 0 aliphatic heterocycles. The molecule has 54 valence electrons. The molecule has 0 heteroatoms. The van der Waals surface area contributed by atoms with Crippen molar-refractivity contribution in [2.75, 3.05) is 0 Å². The Hall–Kier alpha value is 0. The second-order valence-corrected chi connectivity index (χ2v) is 3.36. The minimum Gasteiger partial charge on any atom is -0.0651 e. The smallest absolute Gasteiger partial charge is 0.0414 e. The first-order chi connectivity index (χ1) is 4.36. The standard InChI is InChI=1S/C9H18/c1-3-8-5-6-9(4-2)7-8/h8-9H,3-7H2,1-2H3/t8-,9-/m1/s1. The Morgan fingerprint density at radius 1 is 1.00 bits per heavy atom. The maximum atomic E-state index is 2.32. The van der Waals surface area contributed by atoms with E-state index < -0.39 is 0 Å². The van der Waals surface area contributed by atoms with Crippen molar-refractivity contribution in [2.24, 2.45) is 11.8 Å². The topological polar surface area (TPSA) is 0 Å². The highest BCUT2D eigenvalue weighted by molar-refractivity contribution is 4.73. The van der Waals surface area contributed by atoms with Crippen LogP contribution in [0, 0.1) is 11.8 Å². The van der Waals surface area contributed by atoms with Gasteiger partial charge in [0.15, 0.2) is 0 Å². The predicted octanol–water partition coefficient (Wildman–Crippen LogP) is 3.22. The lowest BCUT2D eigenvalue weighted by Gasteiger charge is -2.05. The van der Waals surface area contributed by atoms with Crippen molar-refractivity contribution >= 4 is 0 Å². The lowest BCUT2D eigenvalue weighted by molar-refractivity contribution is 0.471. The maximum absolute atomic E-state index is 2.32. The summed E-state index contributed by atoms with van der Waals surface area (Å²) in [7, 11) is 0. The molecular weight excluding hydrogens is 108 g/mol. The normalized spacial score (nSPS) is 35.3. The van der Waals surface area contributed by atoms with Gasteiger partial charge in [-0.2, -0.15) is 0 Å². The van der Waals surface area contributed by atoms with Gasteiger partial charge in [-0.15, -0.1) is 0 Å². The Balaban J connectivity index is 2.20. The molecule has 0 aromatic rings. The minimum atomic E-state index is 1.08. The summed E-state index contributed by atoms with van der Waals surface area (Å²) < 4.78 is 0. The molecule has 0 heterocycles. The summed E-state index contributed by atoms with van der Waals surface area (Å²) in [6.45, 7) is 4.64. The van der Waals surface area contributed by atoms with Gasteiger partial charge in [0.05, 0.1) is 0 Å². The monoisotopic (exact) mass is 126 g/mol. The number of hydrogen-bond acceptors (Lipinski definition) is 0. The van der Waals surface area contributed by atoms with Gasteiger partial charge in [0.2, 0.25) is 0 Å². The maximum Gasteiger partial charge on any atom is -0.0414 e. The van der Waals surface area contributed by atoms with E-state index in [0.29, 0.717) is 0 Å². The molecule has 0 aromatic heterocycles. The summed E-state index contributed by atoms with van der Waals surface area (Å²) in [6.07, 6.45) is 7.37. The average Bonchev–Trinajstić information content (AvgIpc) is 2.34. The van der Waals surface area contributed by atoms with Crippen molar-refractivity contribution in [3.63, 3.8) is 0 Å². The molecule has 2 atom stereocenters. The van der Waals surface area contributed by atoms with Crippen LogP contribution >= 0.6 is 0 Å². The fraction of sp³-hybridized carbons (Fsp3) is 1.00. The van der Waals surface area contributed by atoms with Gasteiger partial charge in [-0.3, -0.25) is 0 Å². The van der Waals surface area contributed by atoms with E-state index in [1.807, 2.05) is 0 Å². The second-order valence-electron chi connectivity index (χ2n) is 3.36. The lowest BCUT2D eigenvalue weighted by atomic mass is 10.0. The molecule has 0 spiro atoms. The highest BCUT2D eigenvalue weighted by atomic mass is 14.3. The van der Waals surface area contributed by atoms with E-state index in [2.05, 4.69) is 13.8 Å². The predicted molar refractivity (Wildman–Crippen MR) is 41.4 cm³/mol. The van der Waals surface area contributed by atoms with Gasteiger partial charge >= 0.3 is 0 Å². The molecule has 1 rings (SSSR count). The zero-order valence-corrected chi connectivity index (χ0v) is 6.69. The summed E-state index contributed by atoms with van der Waals surface area (Å²) in [6, 6.07) is 0. The van der Waals surface area contributed by atoms with Gasteiger partial charge in [-0.05, 0) is 18.3 Å². The molecular formula is C9H18. The molecule has 1 saturated carbocycles. The minimum absolute atomic E-state index is 1.08. The van der Waals surface area contributed by atoms with Crippen molar-refractivity contribution in [1.82, 2.24) is 0 Å². The fourth-order valence-electron chi connectivity index (χ4n) is 1.92. The molecule has 0 N–H and O–H groups in total. The van der Waals surface area contributed by atoms with Crippen molar-refractivity contribution in [3.05, 3.63) is 0 Å². The van der Waals surface area contributed by atoms with Crippen LogP contribution in [0.1, 0.15) is 46.0 Å². The van der Waals surface area contributed by atoms with E-state index in [-0.39, 0.29) is 0 Å². The first-order valence-electron chi connectivity index (χ1n) is 4.36. The zero-order chi connectivity index (χ0) is 6.69. The Morgan fingerprint density at radius 2 is 1.44 bits per heavy atom. The largest absolute Gasteiger partial charge is 0.0651 e. The van der Waals surface area contributed by atoms with Gasteiger partial charge in [-0.25, -0.2) is 0 Å². The summed E-state index contributed by atoms with van der Waals surface area (Å²) in [4.78, 5) is 0. The molecule has 1 aliphatic rings. The van der Waals surface area contributed by atoms with Crippen LogP contribution in [0.25, 0.3) is 0 Å². The Bertz CT molecular complexity index is 66.1. The molecule has 0 saturated heterocycles. The average molecular weight is 126 g/mol. The van der Waals surface area contributed by atoms with Crippen LogP contribution in [0.15, 0.2) is 0 Å². The molecule has 0 nitrogen and oxygen atoms in total. The van der Waals surface area contributed by atoms with E-state index >= 15 is 0 Å². The summed E-state index contributed by atoms with van der Waals surface area (Å²) in [5.74, 6) is 2.16. The Labute approximate surface area is 58.7 Å². The van der Waals surface area contributed by atoms with E-state index in [1.54, 1.807) is 0 Å². The molecule has 0 bridgehead atoms. The third-order valence-electron chi connectivity index (χ3n) is 2.80. The molecule has 0 radical (unpaired) electrons. The first kappa shape index (κ1) is 7.11. The highest BCUT2D eigenvalue weighted by Gasteiger charge is 2.20. The molecule has 0 amide bonds. The second kappa shape index (κ2) is 3.24. The van der Waals surface area contributed by atoms with Crippen LogP contribution in [0.4, 0.5) is 0 Å². The third kappa shape index (κ3) is 1.70. The quantitative estimate of drug-likeness (QED) is 0.533. The van der Waals surface area contributed by atoms with Crippen molar-refractivity contribution in [1.29, 1.82) is 0 Å². The van der Waals surface area contributed by atoms with Gasteiger partial charge in [0.1, 0.15) is 0 Å². The number of hydrogen-bond donors (Lipinski definition) is 0. The first-order valence-corrected chi connectivity index (χ1v) is 4.36. The van der Waals surface area contributed by atoms with Crippen LogP contribution in [-0.2, 0) is 0 Å². The van der Waals surface area contributed by atoms with Crippen molar-refractivity contribution < 1.29 is 0 Å². The van der Waals surface area contributed by atoms with Crippen LogP contribution in [0.5, 0.6) is 0 Å². The Kier molecular flexibility index (Phi) is 2.56. The summed E-state index contributed by atoms with van der Waals surface area (Å²) in [5, 5.41) is 0. The SMILES string of the molecule is CC[C@@H]1CC[C@@H](CC)C1. The molecule has 9 heavy (non-hydrogen) atoms.